The molecule has 0 aliphatic carbocycles. The summed E-state index contributed by atoms with van der Waals surface area (Å²) in [5, 5.41) is 0. The van der Waals surface area contributed by atoms with E-state index in [9.17, 15) is 4.79 Å². The highest BCUT2D eigenvalue weighted by Gasteiger charge is 2.14. The van der Waals surface area contributed by atoms with Gasteiger partial charge in [-0.3, -0.25) is 4.79 Å². The largest absolute Gasteiger partial charge is 0.330 e. The summed E-state index contributed by atoms with van der Waals surface area (Å²) >= 11 is 0. The minimum absolute atomic E-state index is 0.126. The van der Waals surface area contributed by atoms with Gasteiger partial charge in [-0.15, -0.1) is 0 Å². The van der Waals surface area contributed by atoms with E-state index in [-0.39, 0.29) is 11.0 Å². The van der Waals surface area contributed by atoms with Gasteiger partial charge in [-0.2, -0.15) is 0 Å². The van der Waals surface area contributed by atoms with Crippen molar-refractivity contribution < 1.29 is 0 Å². The van der Waals surface area contributed by atoms with Gasteiger partial charge in [0, 0.05) is 13.0 Å². The van der Waals surface area contributed by atoms with Crippen LogP contribution in [0.15, 0.2) is 35.4 Å². The smallest absolute Gasteiger partial charge is 0.277 e. The van der Waals surface area contributed by atoms with Crippen LogP contribution in [0.25, 0.3) is 11.2 Å². The molecule has 3 aromatic rings. The van der Waals surface area contributed by atoms with Gasteiger partial charge in [-0.25, -0.2) is 9.97 Å². The van der Waals surface area contributed by atoms with Crippen molar-refractivity contribution in [3.8, 4) is 0 Å². The molecule has 3 N–H and O–H groups in total. The minimum Gasteiger partial charge on any atom is -0.330 e. The number of benzene rings is 1. The Kier molecular flexibility index (Phi) is 4.24. The Morgan fingerprint density at radius 1 is 1.21 bits per heavy atom. The first kappa shape index (κ1) is 16.4. The van der Waals surface area contributed by atoms with Crippen molar-refractivity contribution in [2.75, 3.05) is 6.54 Å². The van der Waals surface area contributed by atoms with Crippen molar-refractivity contribution in [3.05, 3.63) is 57.9 Å². The number of hydrogen-bond donors (Lipinski definition) is 2. The Balaban J connectivity index is 1.92. The molecule has 2 aromatic heterocycles. The van der Waals surface area contributed by atoms with Crippen LogP contribution in [0, 0.1) is 0 Å². The molecule has 0 fully saturated rings. The Hall–Kier alpha value is -2.47. The first-order valence-corrected chi connectivity index (χ1v) is 8.12. The number of H-pyrrole nitrogens is 1. The van der Waals surface area contributed by atoms with E-state index in [1.807, 2.05) is 4.57 Å². The van der Waals surface area contributed by atoms with Crippen LogP contribution in [-0.4, -0.2) is 26.1 Å². The van der Waals surface area contributed by atoms with E-state index in [1.54, 1.807) is 6.33 Å². The molecule has 0 bridgehead atoms. The van der Waals surface area contributed by atoms with Crippen molar-refractivity contribution in [2.24, 2.45) is 5.73 Å². The molecule has 0 aliphatic heterocycles. The maximum atomic E-state index is 12.3. The molecule has 0 aliphatic rings. The molecule has 0 saturated heterocycles. The number of aromatic amines is 1. The van der Waals surface area contributed by atoms with Gasteiger partial charge in [-0.05, 0) is 23.1 Å². The molecule has 0 amide bonds. The van der Waals surface area contributed by atoms with E-state index < -0.39 is 0 Å². The third-order valence-electron chi connectivity index (χ3n) is 4.09. The summed E-state index contributed by atoms with van der Waals surface area (Å²) in [4.78, 5) is 23.8. The highest BCUT2D eigenvalue weighted by Crippen LogP contribution is 2.22. The molecule has 126 valence electrons. The lowest BCUT2D eigenvalue weighted by atomic mass is 9.87. The third kappa shape index (κ3) is 3.23. The molecule has 6 heteroatoms. The summed E-state index contributed by atoms with van der Waals surface area (Å²) in [7, 11) is 0. The Morgan fingerprint density at radius 2 is 1.92 bits per heavy atom. The molecular weight excluding hydrogens is 302 g/mol. The number of hydrogen-bond acceptors (Lipinski definition) is 4. The van der Waals surface area contributed by atoms with Crippen LogP contribution < -0.4 is 11.3 Å². The number of aromatic nitrogens is 4. The van der Waals surface area contributed by atoms with Gasteiger partial charge in [0.05, 0.1) is 6.33 Å². The van der Waals surface area contributed by atoms with Crippen LogP contribution >= 0.6 is 0 Å². The summed E-state index contributed by atoms with van der Waals surface area (Å²) in [6, 6.07) is 8.46. The highest BCUT2D eigenvalue weighted by atomic mass is 16.1. The van der Waals surface area contributed by atoms with Crippen LogP contribution in [0.1, 0.15) is 37.7 Å². The fraction of sp³-hybridized carbons (Fsp3) is 0.389. The van der Waals surface area contributed by atoms with Crippen LogP contribution in [0.2, 0.25) is 0 Å². The van der Waals surface area contributed by atoms with Crippen molar-refractivity contribution in [1.82, 2.24) is 19.5 Å². The van der Waals surface area contributed by atoms with Gasteiger partial charge in [0.15, 0.2) is 11.2 Å². The zero-order valence-corrected chi connectivity index (χ0v) is 14.3. The maximum Gasteiger partial charge on any atom is 0.277 e. The number of imidazole rings is 1. The monoisotopic (exact) mass is 325 g/mol. The van der Waals surface area contributed by atoms with Crippen LogP contribution in [0.5, 0.6) is 0 Å². The van der Waals surface area contributed by atoms with Gasteiger partial charge < -0.3 is 15.3 Å². The zero-order valence-electron chi connectivity index (χ0n) is 14.3. The molecule has 6 nitrogen and oxygen atoms in total. The van der Waals surface area contributed by atoms with E-state index in [0.29, 0.717) is 36.5 Å². The standard InChI is InChI=1S/C18H23N5O/c1-18(2,3)13-6-4-12(5-7-13)10-23-11-20-16-15(23)17(24)22-14(21-16)8-9-19/h4-7,11H,8-10,19H2,1-3H3,(H,21,22,24). The lowest BCUT2D eigenvalue weighted by Gasteiger charge is -2.19. The van der Waals surface area contributed by atoms with Crippen molar-refractivity contribution >= 4 is 11.2 Å². The predicted octanol–water partition coefficient (Wildman–Crippen LogP) is 1.97. The van der Waals surface area contributed by atoms with E-state index in [2.05, 4.69) is 60.0 Å². The summed E-state index contributed by atoms with van der Waals surface area (Å²) in [5.74, 6) is 0.579. The fourth-order valence-electron chi connectivity index (χ4n) is 2.71. The average molecular weight is 325 g/mol. The number of fused-ring (bicyclic) bond motifs is 1. The molecule has 0 unspecified atom stereocenters. The molecular formula is C18H23N5O. The molecule has 0 atom stereocenters. The normalized spacial score (nSPS) is 12.0. The van der Waals surface area contributed by atoms with Crippen molar-refractivity contribution in [2.45, 2.75) is 39.2 Å². The van der Waals surface area contributed by atoms with Crippen LogP contribution in [0.4, 0.5) is 0 Å². The van der Waals surface area contributed by atoms with Gasteiger partial charge >= 0.3 is 0 Å². The molecule has 0 radical (unpaired) electrons. The molecule has 0 spiro atoms. The topological polar surface area (TPSA) is 89.6 Å². The minimum atomic E-state index is -0.174. The number of nitrogens with one attached hydrogen (secondary N) is 1. The average Bonchev–Trinajstić information content (AvgIpc) is 2.90. The summed E-state index contributed by atoms with van der Waals surface area (Å²) in [6.45, 7) is 7.59. The maximum absolute atomic E-state index is 12.3. The van der Waals surface area contributed by atoms with Crippen molar-refractivity contribution in [3.63, 3.8) is 0 Å². The fourth-order valence-corrected chi connectivity index (χ4v) is 2.71. The second-order valence-corrected chi connectivity index (χ2v) is 7.04. The number of rotatable bonds is 4. The quantitative estimate of drug-likeness (QED) is 0.767. The molecule has 1 aromatic carbocycles. The summed E-state index contributed by atoms with van der Waals surface area (Å²) in [5.41, 5.74) is 8.83. The first-order valence-electron chi connectivity index (χ1n) is 8.12. The molecule has 2 heterocycles. The van der Waals surface area contributed by atoms with E-state index in [0.717, 1.165) is 5.56 Å². The summed E-state index contributed by atoms with van der Waals surface area (Å²) < 4.78 is 1.83. The predicted molar refractivity (Wildman–Crippen MR) is 95.2 cm³/mol. The van der Waals surface area contributed by atoms with Gasteiger partial charge in [0.25, 0.3) is 5.56 Å². The number of nitrogens with zero attached hydrogens (tertiary/aromatic N) is 3. The molecule has 24 heavy (non-hydrogen) atoms. The highest BCUT2D eigenvalue weighted by molar-refractivity contribution is 5.69. The second kappa shape index (κ2) is 6.20. The Labute approximate surface area is 140 Å². The zero-order chi connectivity index (χ0) is 17.3. The lowest BCUT2D eigenvalue weighted by Crippen LogP contribution is -2.17. The Morgan fingerprint density at radius 3 is 2.54 bits per heavy atom. The van der Waals surface area contributed by atoms with Gasteiger partial charge in [0.1, 0.15) is 5.82 Å². The van der Waals surface area contributed by atoms with E-state index >= 15 is 0 Å². The van der Waals surface area contributed by atoms with Crippen LogP contribution in [-0.2, 0) is 18.4 Å². The van der Waals surface area contributed by atoms with E-state index in [1.165, 1.54) is 5.56 Å². The first-order chi connectivity index (χ1) is 11.4. The van der Waals surface area contributed by atoms with Crippen molar-refractivity contribution in [1.29, 1.82) is 0 Å². The molecule has 3 rings (SSSR count). The number of nitrogens with two attached hydrogens (primary N) is 1. The molecule has 0 saturated carbocycles. The summed E-state index contributed by atoms with van der Waals surface area (Å²) in [6.07, 6.45) is 2.20. The lowest BCUT2D eigenvalue weighted by molar-refractivity contribution is 0.590. The van der Waals surface area contributed by atoms with E-state index in [4.69, 9.17) is 5.73 Å². The van der Waals surface area contributed by atoms with Gasteiger partial charge in [0.2, 0.25) is 0 Å². The Bertz CT molecular complexity index is 900. The van der Waals surface area contributed by atoms with Crippen LogP contribution in [0.3, 0.4) is 0 Å². The third-order valence-corrected chi connectivity index (χ3v) is 4.09. The van der Waals surface area contributed by atoms with Gasteiger partial charge in [-0.1, -0.05) is 45.0 Å². The second-order valence-electron chi connectivity index (χ2n) is 7.04. The SMILES string of the molecule is CC(C)(C)c1ccc(Cn2cnc3nc(CCN)[nH]c(=O)c32)cc1.